The second-order valence-electron chi connectivity index (χ2n) is 3.54. The van der Waals surface area contributed by atoms with Crippen LogP contribution in [0.4, 0.5) is 0 Å². The van der Waals surface area contributed by atoms with E-state index in [1.807, 2.05) is 31.3 Å². The van der Waals surface area contributed by atoms with E-state index in [9.17, 15) is 0 Å². The zero-order valence-corrected chi connectivity index (χ0v) is 10.0. The average Bonchev–Trinajstić information content (AvgIpc) is 2.58. The molecule has 0 atom stereocenters. The Morgan fingerprint density at radius 3 is 2.94 bits per heavy atom. The maximum Gasteiger partial charge on any atom is 0.215 e. The lowest BCUT2D eigenvalue weighted by Gasteiger charge is -2.02. The van der Waals surface area contributed by atoms with Gasteiger partial charge in [-0.2, -0.15) is 0 Å². The van der Waals surface area contributed by atoms with Crippen LogP contribution in [0.1, 0.15) is 11.4 Å². The van der Waals surface area contributed by atoms with E-state index in [1.165, 1.54) is 0 Å². The molecule has 2 aromatic rings. The number of H-pyrrole nitrogens is 1. The third-order valence-electron chi connectivity index (χ3n) is 2.32. The molecule has 0 saturated heterocycles. The molecule has 0 fully saturated rings. The average molecular weight is 235 g/mol. The van der Waals surface area contributed by atoms with Gasteiger partial charge in [-0.15, -0.1) is 0 Å². The van der Waals surface area contributed by atoms with Crippen LogP contribution in [0.15, 0.2) is 24.3 Å². The largest absolute Gasteiger partial charge is 0.497 e. The van der Waals surface area contributed by atoms with E-state index in [2.05, 4.69) is 10.1 Å². The summed E-state index contributed by atoms with van der Waals surface area (Å²) in [7, 11) is 3.51. The van der Waals surface area contributed by atoms with Gasteiger partial charge in [0.25, 0.3) is 0 Å². The molecule has 16 heavy (non-hydrogen) atoms. The van der Waals surface area contributed by atoms with Crippen LogP contribution >= 0.6 is 12.2 Å². The Kier molecular flexibility index (Phi) is 3.05. The molecule has 0 saturated carbocycles. The van der Waals surface area contributed by atoms with E-state index < -0.39 is 0 Å². The van der Waals surface area contributed by atoms with Crippen molar-refractivity contribution in [3.8, 4) is 5.75 Å². The monoisotopic (exact) mass is 235 g/mol. The van der Waals surface area contributed by atoms with E-state index in [4.69, 9.17) is 17.0 Å². The van der Waals surface area contributed by atoms with Crippen LogP contribution in [0.5, 0.6) is 5.75 Å². The van der Waals surface area contributed by atoms with E-state index in [0.717, 1.165) is 23.6 Å². The Balaban J connectivity index is 2.23. The molecule has 1 heterocycles. The minimum absolute atomic E-state index is 0.567. The minimum Gasteiger partial charge on any atom is -0.497 e. The number of hydrogen-bond acceptors (Lipinski definition) is 3. The van der Waals surface area contributed by atoms with Gasteiger partial charge in [-0.1, -0.05) is 12.1 Å². The van der Waals surface area contributed by atoms with Gasteiger partial charge >= 0.3 is 0 Å². The fraction of sp³-hybridized carbons (Fsp3) is 0.273. The molecule has 1 aromatic heterocycles. The first kappa shape index (κ1) is 10.9. The van der Waals surface area contributed by atoms with Crippen LogP contribution in [0.3, 0.4) is 0 Å². The van der Waals surface area contributed by atoms with Gasteiger partial charge in [0.1, 0.15) is 11.6 Å². The first-order valence-electron chi connectivity index (χ1n) is 4.94. The third-order valence-corrected chi connectivity index (χ3v) is 2.69. The van der Waals surface area contributed by atoms with Crippen molar-refractivity contribution in [3.05, 3.63) is 40.4 Å². The molecule has 0 aliphatic rings. The van der Waals surface area contributed by atoms with Crippen molar-refractivity contribution in [1.29, 1.82) is 0 Å². The van der Waals surface area contributed by atoms with Crippen LogP contribution < -0.4 is 4.74 Å². The molecule has 0 radical (unpaired) electrons. The van der Waals surface area contributed by atoms with Gasteiger partial charge in [-0.3, -0.25) is 9.78 Å². The quantitative estimate of drug-likeness (QED) is 0.828. The molecule has 0 bridgehead atoms. The predicted molar refractivity (Wildman–Crippen MR) is 64.2 cm³/mol. The standard InChI is InChI=1S/C11H13N3OS/c1-14-11(16)12-10(13-14)7-8-4-3-5-9(6-8)15-2/h3-6H,7H2,1-2H3,(H,12,13,16). The van der Waals surface area contributed by atoms with Crippen molar-refractivity contribution in [2.24, 2.45) is 7.05 Å². The number of aromatic nitrogens is 3. The molecule has 0 amide bonds. The van der Waals surface area contributed by atoms with Gasteiger partial charge in [0.15, 0.2) is 0 Å². The van der Waals surface area contributed by atoms with E-state index in [0.29, 0.717) is 4.77 Å². The number of rotatable bonds is 3. The van der Waals surface area contributed by atoms with Crippen LogP contribution in [-0.2, 0) is 13.5 Å². The summed E-state index contributed by atoms with van der Waals surface area (Å²) in [6.45, 7) is 0. The van der Waals surface area contributed by atoms with E-state index in [1.54, 1.807) is 11.8 Å². The molecule has 0 aliphatic carbocycles. The van der Waals surface area contributed by atoms with Gasteiger partial charge in [-0.25, -0.2) is 4.98 Å². The molecule has 0 spiro atoms. The molecule has 84 valence electrons. The van der Waals surface area contributed by atoms with Gasteiger partial charge in [0.2, 0.25) is 4.77 Å². The molecule has 5 heteroatoms. The van der Waals surface area contributed by atoms with Crippen molar-refractivity contribution in [3.63, 3.8) is 0 Å². The summed E-state index contributed by atoms with van der Waals surface area (Å²) in [4.78, 5) is 4.24. The lowest BCUT2D eigenvalue weighted by atomic mass is 10.1. The number of aromatic amines is 1. The van der Waals surface area contributed by atoms with E-state index in [-0.39, 0.29) is 0 Å². The first-order valence-corrected chi connectivity index (χ1v) is 5.34. The Labute approximate surface area is 98.9 Å². The fourth-order valence-corrected chi connectivity index (χ4v) is 1.67. The summed E-state index contributed by atoms with van der Waals surface area (Å²) in [5, 5.41) is 3.09. The second-order valence-corrected chi connectivity index (χ2v) is 3.91. The van der Waals surface area contributed by atoms with Gasteiger partial charge < -0.3 is 4.74 Å². The van der Waals surface area contributed by atoms with Crippen LogP contribution in [0, 0.1) is 4.77 Å². The predicted octanol–water partition coefficient (Wildman–Crippen LogP) is 2.08. The number of ether oxygens (including phenoxy) is 1. The Hall–Kier alpha value is -1.62. The molecule has 0 unspecified atom stereocenters. The minimum atomic E-state index is 0.567. The van der Waals surface area contributed by atoms with Crippen LogP contribution in [-0.4, -0.2) is 21.9 Å². The number of nitrogens with zero attached hydrogens (tertiary/aromatic N) is 2. The molecule has 1 N–H and O–H groups in total. The summed E-state index contributed by atoms with van der Waals surface area (Å²) in [5.41, 5.74) is 1.14. The highest BCUT2D eigenvalue weighted by Gasteiger charge is 2.02. The van der Waals surface area contributed by atoms with Crippen molar-refractivity contribution in [2.75, 3.05) is 7.11 Å². The fourth-order valence-electron chi connectivity index (χ4n) is 1.51. The lowest BCUT2D eigenvalue weighted by Crippen LogP contribution is -1.94. The highest BCUT2D eigenvalue weighted by molar-refractivity contribution is 7.71. The highest BCUT2D eigenvalue weighted by Crippen LogP contribution is 2.14. The molecular weight excluding hydrogens is 222 g/mol. The smallest absolute Gasteiger partial charge is 0.215 e. The summed E-state index contributed by atoms with van der Waals surface area (Å²) in [6, 6.07) is 7.91. The molecule has 0 aliphatic heterocycles. The second kappa shape index (κ2) is 4.49. The normalized spacial score (nSPS) is 10.4. The number of aryl methyl sites for hydroxylation is 1. The lowest BCUT2D eigenvalue weighted by molar-refractivity contribution is 0.414. The zero-order valence-electron chi connectivity index (χ0n) is 9.23. The highest BCUT2D eigenvalue weighted by atomic mass is 32.1. The maximum atomic E-state index is 5.17. The molecule has 2 rings (SSSR count). The van der Waals surface area contributed by atoms with Gasteiger partial charge in [0, 0.05) is 13.5 Å². The third kappa shape index (κ3) is 2.30. The summed E-state index contributed by atoms with van der Waals surface area (Å²) < 4.78 is 7.46. The van der Waals surface area contributed by atoms with Crippen LogP contribution in [0.25, 0.3) is 0 Å². The zero-order chi connectivity index (χ0) is 11.5. The number of hydrogen-bond donors (Lipinski definition) is 1. The Morgan fingerprint density at radius 2 is 2.31 bits per heavy atom. The molecule has 1 aromatic carbocycles. The molecule has 4 nitrogen and oxygen atoms in total. The topological polar surface area (TPSA) is 42.8 Å². The van der Waals surface area contributed by atoms with Crippen LogP contribution in [0.2, 0.25) is 0 Å². The summed E-state index contributed by atoms with van der Waals surface area (Å²) in [5.74, 6) is 1.72. The van der Waals surface area contributed by atoms with E-state index >= 15 is 0 Å². The number of benzene rings is 1. The maximum absolute atomic E-state index is 5.17. The number of methoxy groups -OCH3 is 1. The van der Waals surface area contributed by atoms with Crippen molar-refractivity contribution < 1.29 is 4.74 Å². The van der Waals surface area contributed by atoms with Crippen molar-refractivity contribution in [2.45, 2.75) is 6.42 Å². The van der Waals surface area contributed by atoms with Gasteiger partial charge in [0.05, 0.1) is 7.11 Å². The van der Waals surface area contributed by atoms with Crippen molar-refractivity contribution >= 4 is 12.2 Å². The Morgan fingerprint density at radius 1 is 1.50 bits per heavy atom. The SMILES string of the molecule is COc1cccc(Cc2nc(=S)n(C)[nH]2)c1. The first-order chi connectivity index (χ1) is 7.69. The molecular formula is C11H13N3OS. The Bertz CT molecular complexity index is 544. The van der Waals surface area contributed by atoms with Gasteiger partial charge in [-0.05, 0) is 29.9 Å². The summed E-state index contributed by atoms with van der Waals surface area (Å²) in [6.07, 6.45) is 0.724. The summed E-state index contributed by atoms with van der Waals surface area (Å²) >= 11 is 5.03. The number of nitrogens with one attached hydrogen (secondary N) is 1. The van der Waals surface area contributed by atoms with Crippen molar-refractivity contribution in [1.82, 2.24) is 14.8 Å².